The SMILES string of the molecule is COc1cn(CC(=O)N2CCN(Cc3ccccc3)CC2)c(CO)cc1=O. The molecule has 7 heteroatoms. The molecule has 1 aliphatic rings. The number of aliphatic hydroxyl groups excluding tert-OH is 1. The Labute approximate surface area is 158 Å². The average molecular weight is 371 g/mol. The molecule has 1 aliphatic heterocycles. The first kappa shape index (κ1) is 19.1. The number of rotatable bonds is 6. The van der Waals surface area contributed by atoms with Crippen LogP contribution in [0.1, 0.15) is 11.3 Å². The maximum atomic E-state index is 12.7. The Morgan fingerprint density at radius 1 is 1.15 bits per heavy atom. The van der Waals surface area contributed by atoms with Crippen LogP contribution in [0.5, 0.6) is 5.75 Å². The highest BCUT2D eigenvalue weighted by Crippen LogP contribution is 2.11. The van der Waals surface area contributed by atoms with Gasteiger partial charge in [-0.2, -0.15) is 0 Å². The third-order valence-corrected chi connectivity index (χ3v) is 4.84. The molecule has 0 saturated carbocycles. The molecule has 0 atom stereocenters. The van der Waals surface area contributed by atoms with E-state index < -0.39 is 0 Å². The van der Waals surface area contributed by atoms with Crippen molar-refractivity contribution in [2.24, 2.45) is 0 Å². The minimum Gasteiger partial charge on any atom is -0.491 e. The third kappa shape index (κ3) is 4.75. The van der Waals surface area contributed by atoms with Gasteiger partial charge in [0, 0.05) is 44.5 Å². The predicted molar refractivity (Wildman–Crippen MR) is 101 cm³/mol. The normalized spacial score (nSPS) is 15.0. The second-order valence-electron chi connectivity index (χ2n) is 6.63. The number of amides is 1. The molecule has 27 heavy (non-hydrogen) atoms. The molecule has 1 saturated heterocycles. The van der Waals surface area contributed by atoms with Crippen LogP contribution < -0.4 is 10.2 Å². The van der Waals surface area contributed by atoms with Crippen molar-refractivity contribution in [3.63, 3.8) is 0 Å². The van der Waals surface area contributed by atoms with E-state index in [1.54, 1.807) is 4.57 Å². The Balaban J connectivity index is 1.59. The van der Waals surface area contributed by atoms with Gasteiger partial charge in [-0.15, -0.1) is 0 Å². The number of hydrogen-bond acceptors (Lipinski definition) is 5. The van der Waals surface area contributed by atoms with Gasteiger partial charge in [-0.1, -0.05) is 30.3 Å². The fraction of sp³-hybridized carbons (Fsp3) is 0.400. The van der Waals surface area contributed by atoms with E-state index in [4.69, 9.17) is 4.74 Å². The van der Waals surface area contributed by atoms with Crippen LogP contribution in [-0.4, -0.2) is 58.7 Å². The van der Waals surface area contributed by atoms with Crippen molar-refractivity contribution in [3.05, 3.63) is 64.1 Å². The van der Waals surface area contributed by atoms with Crippen LogP contribution in [0, 0.1) is 0 Å². The first-order chi connectivity index (χ1) is 13.1. The molecular weight excluding hydrogens is 346 g/mol. The fourth-order valence-corrected chi connectivity index (χ4v) is 3.27. The van der Waals surface area contributed by atoms with Crippen LogP contribution >= 0.6 is 0 Å². The molecule has 144 valence electrons. The van der Waals surface area contributed by atoms with E-state index in [9.17, 15) is 14.7 Å². The molecule has 2 heterocycles. The number of pyridine rings is 1. The highest BCUT2D eigenvalue weighted by Gasteiger charge is 2.22. The molecule has 0 aliphatic carbocycles. The van der Waals surface area contributed by atoms with Crippen molar-refractivity contribution in [2.75, 3.05) is 33.3 Å². The standard InChI is InChI=1S/C20H25N3O4/c1-27-19-13-23(17(15-24)11-18(19)25)14-20(26)22-9-7-21(8-10-22)12-16-5-3-2-4-6-16/h2-6,11,13,24H,7-10,12,14-15H2,1H3. The highest BCUT2D eigenvalue weighted by molar-refractivity contribution is 5.76. The fourth-order valence-electron chi connectivity index (χ4n) is 3.27. The maximum Gasteiger partial charge on any atom is 0.242 e. The molecule has 0 bridgehead atoms. The van der Waals surface area contributed by atoms with Gasteiger partial charge in [0.2, 0.25) is 11.3 Å². The Hall–Kier alpha value is -2.64. The van der Waals surface area contributed by atoms with Gasteiger partial charge in [-0.05, 0) is 5.56 Å². The number of hydrogen-bond donors (Lipinski definition) is 1. The van der Waals surface area contributed by atoms with Crippen LogP contribution in [0.15, 0.2) is 47.4 Å². The number of carbonyl (C=O) groups is 1. The quantitative estimate of drug-likeness (QED) is 0.809. The van der Waals surface area contributed by atoms with Crippen LogP contribution in [0.25, 0.3) is 0 Å². The summed E-state index contributed by atoms with van der Waals surface area (Å²) in [6.07, 6.45) is 1.48. The van der Waals surface area contributed by atoms with E-state index in [0.717, 1.165) is 19.6 Å². The number of ether oxygens (including phenoxy) is 1. The molecule has 1 amide bonds. The van der Waals surface area contributed by atoms with Crippen LogP contribution in [0.4, 0.5) is 0 Å². The zero-order valence-corrected chi connectivity index (χ0v) is 15.5. The van der Waals surface area contributed by atoms with Crippen LogP contribution in [0.2, 0.25) is 0 Å². The van der Waals surface area contributed by atoms with Crippen molar-refractivity contribution in [1.82, 2.24) is 14.4 Å². The Morgan fingerprint density at radius 3 is 2.48 bits per heavy atom. The van der Waals surface area contributed by atoms with E-state index >= 15 is 0 Å². The van der Waals surface area contributed by atoms with Crippen molar-refractivity contribution in [2.45, 2.75) is 19.7 Å². The number of nitrogens with zero attached hydrogens (tertiary/aromatic N) is 3. The van der Waals surface area contributed by atoms with Crippen molar-refractivity contribution >= 4 is 5.91 Å². The number of benzene rings is 1. The Morgan fingerprint density at radius 2 is 1.85 bits per heavy atom. The lowest BCUT2D eigenvalue weighted by molar-refractivity contribution is -0.133. The Kier molecular flexibility index (Phi) is 6.26. The number of aliphatic hydroxyl groups is 1. The van der Waals surface area contributed by atoms with Gasteiger partial charge in [-0.3, -0.25) is 14.5 Å². The zero-order valence-electron chi connectivity index (χ0n) is 15.5. The summed E-state index contributed by atoms with van der Waals surface area (Å²) < 4.78 is 6.62. The van der Waals surface area contributed by atoms with Gasteiger partial charge < -0.3 is 19.3 Å². The first-order valence-electron chi connectivity index (χ1n) is 9.03. The number of carbonyl (C=O) groups excluding carboxylic acids is 1. The molecule has 3 rings (SSSR count). The van der Waals surface area contributed by atoms with E-state index in [0.29, 0.717) is 18.8 Å². The van der Waals surface area contributed by atoms with Gasteiger partial charge in [-0.25, -0.2) is 0 Å². The largest absolute Gasteiger partial charge is 0.491 e. The molecule has 1 fully saturated rings. The predicted octanol–water partition coefficient (Wildman–Crippen LogP) is 0.694. The summed E-state index contributed by atoms with van der Waals surface area (Å²) in [6, 6.07) is 11.6. The molecule has 7 nitrogen and oxygen atoms in total. The van der Waals surface area contributed by atoms with Gasteiger partial charge >= 0.3 is 0 Å². The van der Waals surface area contributed by atoms with E-state index in [1.807, 2.05) is 23.1 Å². The topological polar surface area (TPSA) is 75.0 Å². The summed E-state index contributed by atoms with van der Waals surface area (Å²) in [5, 5.41) is 9.47. The molecule has 2 aromatic rings. The molecule has 0 spiro atoms. The lowest BCUT2D eigenvalue weighted by Crippen LogP contribution is -2.49. The van der Waals surface area contributed by atoms with Crippen LogP contribution in [-0.2, 0) is 24.5 Å². The summed E-state index contributed by atoms with van der Waals surface area (Å²) in [5.74, 6) is 0.127. The van der Waals surface area contributed by atoms with Gasteiger partial charge in [0.15, 0.2) is 5.75 Å². The van der Waals surface area contributed by atoms with E-state index in [1.165, 1.54) is 24.9 Å². The van der Waals surface area contributed by atoms with E-state index in [2.05, 4.69) is 17.0 Å². The second kappa shape index (κ2) is 8.83. The van der Waals surface area contributed by atoms with Crippen molar-refractivity contribution in [3.8, 4) is 5.75 Å². The van der Waals surface area contributed by atoms with Gasteiger partial charge in [0.05, 0.1) is 19.9 Å². The average Bonchev–Trinajstić information content (AvgIpc) is 2.70. The number of piperazine rings is 1. The molecule has 1 aromatic carbocycles. The lowest BCUT2D eigenvalue weighted by atomic mass is 10.2. The summed E-state index contributed by atoms with van der Waals surface area (Å²) >= 11 is 0. The number of methoxy groups -OCH3 is 1. The smallest absolute Gasteiger partial charge is 0.242 e. The zero-order chi connectivity index (χ0) is 19.2. The highest BCUT2D eigenvalue weighted by atomic mass is 16.5. The summed E-state index contributed by atoms with van der Waals surface area (Å²) in [7, 11) is 1.41. The molecular formula is C20H25N3O4. The van der Waals surface area contributed by atoms with Crippen molar-refractivity contribution in [1.29, 1.82) is 0 Å². The molecule has 0 unspecified atom stereocenters. The third-order valence-electron chi connectivity index (χ3n) is 4.84. The molecule has 0 radical (unpaired) electrons. The monoisotopic (exact) mass is 371 g/mol. The lowest BCUT2D eigenvalue weighted by Gasteiger charge is -2.35. The number of aromatic nitrogens is 1. The summed E-state index contributed by atoms with van der Waals surface area (Å²) in [5.41, 5.74) is 1.36. The summed E-state index contributed by atoms with van der Waals surface area (Å²) in [6.45, 7) is 3.62. The summed E-state index contributed by atoms with van der Waals surface area (Å²) in [4.78, 5) is 28.6. The van der Waals surface area contributed by atoms with E-state index in [-0.39, 0.29) is 30.2 Å². The molecule has 1 N–H and O–H groups in total. The second-order valence-corrected chi connectivity index (χ2v) is 6.63. The minimum absolute atomic E-state index is 0.0326. The van der Waals surface area contributed by atoms with Crippen LogP contribution in [0.3, 0.4) is 0 Å². The minimum atomic E-state index is -0.308. The first-order valence-corrected chi connectivity index (χ1v) is 9.03. The Bertz CT molecular complexity index is 827. The maximum absolute atomic E-state index is 12.7. The van der Waals surface area contributed by atoms with Gasteiger partial charge in [0.1, 0.15) is 6.54 Å². The van der Waals surface area contributed by atoms with Gasteiger partial charge in [0.25, 0.3) is 0 Å². The van der Waals surface area contributed by atoms with Crippen molar-refractivity contribution < 1.29 is 14.6 Å². The molecule has 1 aromatic heterocycles.